The summed E-state index contributed by atoms with van der Waals surface area (Å²) in [7, 11) is 3.74. The number of benzene rings is 2. The summed E-state index contributed by atoms with van der Waals surface area (Å²) in [6, 6.07) is 13.2. The molecule has 0 fully saturated rings. The van der Waals surface area contributed by atoms with Crippen LogP contribution in [0, 0.1) is 0 Å². The van der Waals surface area contributed by atoms with Crippen molar-refractivity contribution in [2.24, 2.45) is 0 Å². The van der Waals surface area contributed by atoms with Gasteiger partial charge in [0.2, 0.25) is 5.60 Å². The molecule has 0 saturated carbocycles. The molecule has 0 amide bonds. The molecule has 0 bridgehead atoms. The highest BCUT2D eigenvalue weighted by Gasteiger charge is 2.57. The lowest BCUT2D eigenvalue weighted by Gasteiger charge is -2.34. The molecule has 2 rings (SSSR count). The van der Waals surface area contributed by atoms with Crippen LogP contribution in [0.15, 0.2) is 54.6 Å². The summed E-state index contributed by atoms with van der Waals surface area (Å²) in [5.74, 6) is 0. The second kappa shape index (κ2) is 6.34. The Balaban J connectivity index is 2.73. The lowest BCUT2D eigenvalue weighted by molar-refractivity contribution is -0.890. The van der Waals surface area contributed by atoms with Crippen molar-refractivity contribution in [1.82, 2.24) is 0 Å². The van der Waals surface area contributed by atoms with Crippen molar-refractivity contribution >= 4 is 0 Å². The molecule has 2 nitrogen and oxygen atoms in total. The third kappa shape index (κ3) is 3.12. The Labute approximate surface area is 134 Å². The van der Waals surface area contributed by atoms with Crippen LogP contribution in [0.1, 0.15) is 29.7 Å². The smallest absolute Gasteiger partial charge is 0.372 e. The Morgan fingerprint density at radius 3 is 1.96 bits per heavy atom. The van der Waals surface area contributed by atoms with Crippen LogP contribution in [0.2, 0.25) is 0 Å². The van der Waals surface area contributed by atoms with E-state index in [1.807, 2.05) is 21.0 Å². The van der Waals surface area contributed by atoms with Gasteiger partial charge in [0.25, 0.3) is 0 Å². The van der Waals surface area contributed by atoms with Gasteiger partial charge in [0.05, 0.1) is 14.1 Å². The van der Waals surface area contributed by atoms with E-state index < -0.39 is 11.8 Å². The van der Waals surface area contributed by atoms with Crippen molar-refractivity contribution in [3.63, 3.8) is 0 Å². The molecule has 0 aliphatic carbocycles. The van der Waals surface area contributed by atoms with Crippen molar-refractivity contribution in [3.8, 4) is 0 Å². The summed E-state index contributed by atoms with van der Waals surface area (Å²) < 4.78 is 41.6. The van der Waals surface area contributed by atoms with E-state index in [0.717, 1.165) is 4.90 Å². The Morgan fingerprint density at radius 2 is 1.43 bits per heavy atom. The fraction of sp³-hybridized carbons (Fsp3) is 0.333. The summed E-state index contributed by atoms with van der Waals surface area (Å²) in [5, 5.41) is 10.8. The number of hydrogen-bond acceptors (Lipinski definition) is 1. The molecule has 2 N–H and O–H groups in total. The van der Waals surface area contributed by atoms with Gasteiger partial charge in [0.1, 0.15) is 6.04 Å². The van der Waals surface area contributed by atoms with Crippen LogP contribution in [0.4, 0.5) is 13.2 Å². The highest BCUT2D eigenvalue weighted by Crippen LogP contribution is 2.45. The predicted molar refractivity (Wildman–Crippen MR) is 83.2 cm³/mol. The summed E-state index contributed by atoms with van der Waals surface area (Å²) in [5.41, 5.74) is -2.85. The second-order valence-corrected chi connectivity index (χ2v) is 5.96. The van der Waals surface area contributed by atoms with Gasteiger partial charge in [0, 0.05) is 11.1 Å². The number of quaternary nitrogens is 1. The second-order valence-electron chi connectivity index (χ2n) is 5.96. The molecule has 0 unspecified atom stereocenters. The van der Waals surface area contributed by atoms with E-state index in [1.54, 1.807) is 18.2 Å². The summed E-state index contributed by atoms with van der Waals surface area (Å²) in [6.45, 7) is 1.84. The topological polar surface area (TPSA) is 24.7 Å². The van der Waals surface area contributed by atoms with Gasteiger partial charge in [-0.25, -0.2) is 0 Å². The van der Waals surface area contributed by atoms with Gasteiger partial charge in [0.15, 0.2) is 0 Å². The van der Waals surface area contributed by atoms with Gasteiger partial charge < -0.3 is 10.0 Å². The zero-order chi connectivity index (χ0) is 17.3. The Morgan fingerprint density at radius 1 is 0.913 bits per heavy atom. The number of alkyl halides is 3. The maximum atomic E-state index is 13.9. The van der Waals surface area contributed by atoms with Crippen LogP contribution in [0.25, 0.3) is 0 Å². The summed E-state index contributed by atoms with van der Waals surface area (Å²) >= 11 is 0. The molecule has 2 aromatic carbocycles. The largest absolute Gasteiger partial charge is 0.425 e. The first-order valence-corrected chi connectivity index (χ1v) is 7.43. The molecule has 0 aromatic heterocycles. The van der Waals surface area contributed by atoms with Crippen LogP contribution in [0.5, 0.6) is 0 Å². The first kappa shape index (κ1) is 17.5. The number of rotatable bonds is 4. The van der Waals surface area contributed by atoms with Crippen LogP contribution >= 0.6 is 0 Å². The Hall–Kier alpha value is -1.85. The van der Waals surface area contributed by atoms with Crippen LogP contribution < -0.4 is 4.90 Å². The molecule has 0 spiro atoms. The van der Waals surface area contributed by atoms with Crippen LogP contribution in [-0.2, 0) is 5.60 Å². The number of aliphatic hydroxyl groups is 1. The Bertz CT molecular complexity index is 655. The van der Waals surface area contributed by atoms with E-state index >= 15 is 0 Å². The molecule has 0 aliphatic heterocycles. The van der Waals surface area contributed by atoms with Crippen molar-refractivity contribution in [3.05, 3.63) is 71.3 Å². The molecule has 23 heavy (non-hydrogen) atoms. The normalized spacial score (nSPS) is 16.2. The third-order valence-electron chi connectivity index (χ3n) is 4.28. The Kier molecular flexibility index (Phi) is 4.82. The standard InChI is InChI=1S/C18H20F3NO/c1-13(22(2)3)15-11-7-8-12-16(15)17(23,18(19,20)21)14-9-5-4-6-10-14/h4-13,23H,1-3H3/p+1/t13-,17+/m1/s1. The van der Waals surface area contributed by atoms with E-state index in [4.69, 9.17) is 0 Å². The molecule has 0 radical (unpaired) electrons. The van der Waals surface area contributed by atoms with Gasteiger partial charge in [-0.3, -0.25) is 0 Å². The molecule has 124 valence electrons. The van der Waals surface area contributed by atoms with E-state index in [2.05, 4.69) is 0 Å². The van der Waals surface area contributed by atoms with Crippen LogP contribution in [-0.4, -0.2) is 25.4 Å². The van der Waals surface area contributed by atoms with E-state index in [-0.39, 0.29) is 17.2 Å². The number of nitrogens with one attached hydrogen (secondary N) is 1. The zero-order valence-electron chi connectivity index (χ0n) is 13.4. The SMILES string of the molecule is C[C@H](c1ccccc1[C@@](O)(c1ccccc1)C(F)(F)F)[NH+](C)C. The molecular weight excluding hydrogens is 303 g/mol. The number of halogens is 3. The van der Waals surface area contributed by atoms with Crippen molar-refractivity contribution < 1.29 is 23.2 Å². The molecule has 0 aliphatic rings. The first-order chi connectivity index (χ1) is 10.7. The average Bonchev–Trinajstić information content (AvgIpc) is 2.53. The minimum absolute atomic E-state index is 0.118. The maximum Gasteiger partial charge on any atom is 0.425 e. The minimum atomic E-state index is -4.83. The van der Waals surface area contributed by atoms with Gasteiger partial charge >= 0.3 is 6.18 Å². The van der Waals surface area contributed by atoms with E-state index in [1.165, 1.54) is 36.4 Å². The van der Waals surface area contributed by atoms with E-state index in [0.29, 0.717) is 5.56 Å². The predicted octanol–water partition coefficient (Wildman–Crippen LogP) is 2.69. The highest BCUT2D eigenvalue weighted by molar-refractivity contribution is 5.43. The van der Waals surface area contributed by atoms with Crippen LogP contribution in [0.3, 0.4) is 0 Å². The third-order valence-corrected chi connectivity index (χ3v) is 4.28. The molecular formula is C18H21F3NO+. The molecule has 5 heteroatoms. The van der Waals surface area contributed by atoms with Gasteiger partial charge in [-0.05, 0) is 12.5 Å². The number of hydrogen-bond donors (Lipinski definition) is 2. The van der Waals surface area contributed by atoms with Gasteiger partial charge in [-0.15, -0.1) is 0 Å². The summed E-state index contributed by atoms with van der Waals surface area (Å²) in [4.78, 5) is 0.982. The monoisotopic (exact) mass is 324 g/mol. The maximum absolute atomic E-state index is 13.9. The van der Waals surface area contributed by atoms with Crippen molar-refractivity contribution in [2.45, 2.75) is 24.7 Å². The molecule has 2 aromatic rings. The minimum Gasteiger partial charge on any atom is -0.372 e. The van der Waals surface area contributed by atoms with Crippen molar-refractivity contribution in [1.29, 1.82) is 0 Å². The molecule has 0 heterocycles. The quantitative estimate of drug-likeness (QED) is 0.888. The lowest BCUT2D eigenvalue weighted by atomic mass is 9.81. The lowest BCUT2D eigenvalue weighted by Crippen LogP contribution is -3.05. The molecule has 0 saturated heterocycles. The zero-order valence-corrected chi connectivity index (χ0v) is 13.4. The average molecular weight is 324 g/mol. The molecule has 2 atom stereocenters. The van der Waals surface area contributed by atoms with Gasteiger partial charge in [-0.2, -0.15) is 13.2 Å². The van der Waals surface area contributed by atoms with Crippen molar-refractivity contribution in [2.75, 3.05) is 14.1 Å². The first-order valence-electron chi connectivity index (χ1n) is 7.43. The summed E-state index contributed by atoms with van der Waals surface area (Å²) in [6.07, 6.45) is -4.83. The fourth-order valence-corrected chi connectivity index (χ4v) is 2.67. The van der Waals surface area contributed by atoms with E-state index in [9.17, 15) is 18.3 Å². The fourth-order valence-electron chi connectivity index (χ4n) is 2.67. The van der Waals surface area contributed by atoms with Gasteiger partial charge in [-0.1, -0.05) is 54.6 Å². The highest BCUT2D eigenvalue weighted by atomic mass is 19.4.